The molecule has 30 heavy (non-hydrogen) atoms. The van der Waals surface area contributed by atoms with Gasteiger partial charge in [-0.2, -0.15) is 20.4 Å². The summed E-state index contributed by atoms with van der Waals surface area (Å²) in [6.07, 6.45) is 1.73. The molecule has 0 spiro atoms. The van der Waals surface area contributed by atoms with E-state index in [1.54, 1.807) is 6.21 Å². The maximum atomic E-state index is 4.35. The van der Waals surface area contributed by atoms with Gasteiger partial charge >= 0.3 is 0 Å². The Morgan fingerprint density at radius 3 is 1.90 bits per heavy atom. The van der Waals surface area contributed by atoms with Crippen molar-refractivity contribution in [3.63, 3.8) is 0 Å². The summed E-state index contributed by atoms with van der Waals surface area (Å²) in [7, 11) is 6.66. The van der Waals surface area contributed by atoms with E-state index in [1.165, 1.54) is 5.69 Å². The average Bonchev–Trinajstić information content (AvgIpc) is 2.67. The molecule has 0 fully saturated rings. The predicted molar refractivity (Wildman–Crippen MR) is 124 cm³/mol. The Bertz CT molecular complexity index is 845. The van der Waals surface area contributed by atoms with Crippen LogP contribution in [0.1, 0.15) is 26.3 Å². The number of anilines is 1. The quantitative estimate of drug-likeness (QED) is 0.239. The van der Waals surface area contributed by atoms with Crippen molar-refractivity contribution in [3.8, 4) is 0 Å². The maximum Gasteiger partial charge on any atom is 0.0958 e. The Morgan fingerprint density at radius 1 is 0.900 bits per heavy atom. The molecule has 0 saturated carbocycles. The number of halogens is 1. The molecule has 0 N–H and O–H groups in total. The summed E-state index contributed by atoms with van der Waals surface area (Å²) in [6, 6.07) is 16.0. The van der Waals surface area contributed by atoms with Crippen LogP contribution in [0.3, 0.4) is 0 Å². The lowest BCUT2D eigenvalue weighted by Gasteiger charge is -2.29. The molecule has 0 bridgehead atoms. The van der Waals surface area contributed by atoms with Crippen LogP contribution in [0.25, 0.3) is 0 Å². The third-order valence-corrected chi connectivity index (χ3v) is 4.28. The van der Waals surface area contributed by atoms with Crippen LogP contribution in [-0.2, 0) is 0 Å². The van der Waals surface area contributed by atoms with Crippen molar-refractivity contribution in [2.45, 2.75) is 20.8 Å². The maximum absolute atomic E-state index is 4.35. The molecule has 0 aliphatic rings. The van der Waals surface area contributed by atoms with Gasteiger partial charge in [0.2, 0.25) is 0 Å². The van der Waals surface area contributed by atoms with E-state index in [2.05, 4.69) is 65.5 Å². The molecule has 7 heteroatoms. The Hall–Kier alpha value is -2.38. The van der Waals surface area contributed by atoms with Gasteiger partial charge in [-0.15, -0.1) is 0 Å². The summed E-state index contributed by atoms with van der Waals surface area (Å²) in [6.45, 7) is 9.13. The fourth-order valence-electron chi connectivity index (χ4n) is 2.57. The predicted octanol–water partition coefficient (Wildman–Crippen LogP) is 2.45. The van der Waals surface area contributed by atoms with Crippen molar-refractivity contribution in [2.24, 2.45) is 20.4 Å². The van der Waals surface area contributed by atoms with Crippen LogP contribution >= 0.6 is 0 Å². The topological polar surface area (TPSA) is 52.7 Å². The molecule has 0 atom stereocenters. The SMILES string of the molecule is CCN(CC[N+](C)(C)C)c1ccc(/N=N/c2ccc(/C=N/N=C(C)C)cc2)cc1.[Br-]. The van der Waals surface area contributed by atoms with Gasteiger partial charge in [0.25, 0.3) is 0 Å². The largest absolute Gasteiger partial charge is 1.00 e. The lowest BCUT2D eigenvalue weighted by molar-refractivity contribution is -0.868. The third kappa shape index (κ3) is 9.41. The van der Waals surface area contributed by atoms with Crippen LogP contribution in [-0.4, -0.2) is 57.2 Å². The third-order valence-electron chi connectivity index (χ3n) is 4.28. The highest BCUT2D eigenvalue weighted by Crippen LogP contribution is 2.22. The van der Waals surface area contributed by atoms with Crippen molar-refractivity contribution < 1.29 is 21.5 Å². The summed E-state index contributed by atoms with van der Waals surface area (Å²) in [5.41, 5.74) is 4.77. The molecule has 162 valence electrons. The average molecular weight is 473 g/mol. The number of hydrogen-bond acceptors (Lipinski definition) is 5. The molecule has 0 heterocycles. The number of likely N-dealkylation sites (N-methyl/N-ethyl adjacent to an activating group) is 2. The highest BCUT2D eigenvalue weighted by atomic mass is 79.9. The Morgan fingerprint density at radius 2 is 1.43 bits per heavy atom. The van der Waals surface area contributed by atoms with E-state index in [1.807, 2.05) is 50.2 Å². The number of nitrogens with zero attached hydrogens (tertiary/aromatic N) is 6. The minimum Gasteiger partial charge on any atom is -1.00 e. The lowest BCUT2D eigenvalue weighted by atomic mass is 10.2. The van der Waals surface area contributed by atoms with Crippen LogP contribution in [0.5, 0.6) is 0 Å². The van der Waals surface area contributed by atoms with Crippen molar-refractivity contribution in [3.05, 3.63) is 54.1 Å². The molecule has 0 unspecified atom stereocenters. The van der Waals surface area contributed by atoms with E-state index in [0.29, 0.717) is 0 Å². The van der Waals surface area contributed by atoms with Crippen LogP contribution in [0.4, 0.5) is 17.1 Å². The monoisotopic (exact) mass is 472 g/mol. The zero-order valence-electron chi connectivity index (χ0n) is 18.9. The highest BCUT2D eigenvalue weighted by molar-refractivity contribution is 5.83. The fourth-order valence-corrected chi connectivity index (χ4v) is 2.57. The summed E-state index contributed by atoms with van der Waals surface area (Å²) >= 11 is 0. The number of rotatable bonds is 9. The Kier molecular flexibility index (Phi) is 10.6. The minimum atomic E-state index is 0. The highest BCUT2D eigenvalue weighted by Gasteiger charge is 2.11. The van der Waals surface area contributed by atoms with Gasteiger partial charge < -0.3 is 26.4 Å². The molecule has 2 aromatic rings. The second-order valence-electron chi connectivity index (χ2n) is 8.19. The summed E-state index contributed by atoms with van der Waals surface area (Å²) in [5, 5.41) is 16.7. The van der Waals surface area contributed by atoms with Crippen molar-refractivity contribution in [1.29, 1.82) is 0 Å². The number of benzene rings is 2. The standard InChI is InChI=1S/C23H33N6.BrH/c1-7-28(16-17-29(4,5)6)23-14-12-22(13-15-23)27-26-21-10-8-20(9-11-21)18-24-25-19(2)3;/h8-15,18H,7,16-17H2,1-6H3;1H/q+1;/p-1/b24-18+,27-26+;. The number of hydrogen-bond donors (Lipinski definition) is 0. The van der Waals surface area contributed by atoms with Crippen molar-refractivity contribution in [1.82, 2.24) is 0 Å². The lowest BCUT2D eigenvalue weighted by Crippen LogP contribution is -3.00. The molecule has 0 aliphatic heterocycles. The zero-order valence-corrected chi connectivity index (χ0v) is 20.5. The molecular formula is C23H33BrN6. The van der Waals surface area contributed by atoms with E-state index < -0.39 is 0 Å². The summed E-state index contributed by atoms with van der Waals surface area (Å²) in [5.74, 6) is 0. The first kappa shape index (κ1) is 25.7. The van der Waals surface area contributed by atoms with Crippen molar-refractivity contribution in [2.75, 3.05) is 45.7 Å². The van der Waals surface area contributed by atoms with E-state index in [9.17, 15) is 0 Å². The van der Waals surface area contributed by atoms with Gasteiger partial charge in [-0.25, -0.2) is 0 Å². The molecule has 0 aromatic heterocycles. The van der Waals surface area contributed by atoms with Gasteiger partial charge in [0.05, 0.1) is 51.8 Å². The van der Waals surface area contributed by atoms with Crippen LogP contribution in [0.15, 0.2) is 69.0 Å². The first-order valence-corrected chi connectivity index (χ1v) is 9.98. The van der Waals surface area contributed by atoms with Gasteiger partial charge in [-0.3, -0.25) is 0 Å². The van der Waals surface area contributed by atoms with Crippen molar-refractivity contribution >= 4 is 29.0 Å². The first-order valence-electron chi connectivity index (χ1n) is 9.98. The molecule has 0 aliphatic carbocycles. The molecular weight excluding hydrogens is 440 g/mol. The zero-order chi connectivity index (χ0) is 21.3. The van der Waals surface area contributed by atoms with Gasteiger partial charge in [-0.1, -0.05) is 12.1 Å². The van der Waals surface area contributed by atoms with Gasteiger partial charge in [-0.05, 0) is 62.7 Å². The second kappa shape index (κ2) is 12.3. The van der Waals surface area contributed by atoms with E-state index in [-0.39, 0.29) is 17.0 Å². The molecule has 2 aromatic carbocycles. The summed E-state index contributed by atoms with van der Waals surface area (Å²) in [4.78, 5) is 2.38. The molecule has 0 amide bonds. The van der Waals surface area contributed by atoms with Crippen LogP contribution in [0, 0.1) is 0 Å². The summed E-state index contributed by atoms with van der Waals surface area (Å²) < 4.78 is 0.957. The van der Waals surface area contributed by atoms with Crippen LogP contribution in [0.2, 0.25) is 0 Å². The first-order chi connectivity index (χ1) is 13.8. The number of quaternary nitrogens is 1. The Labute approximate surface area is 191 Å². The molecule has 0 saturated heterocycles. The van der Waals surface area contributed by atoms with E-state index >= 15 is 0 Å². The fraction of sp³-hybridized carbons (Fsp3) is 0.391. The normalized spacial score (nSPS) is 11.5. The Balaban J connectivity index is 0.00000450. The van der Waals surface area contributed by atoms with Gasteiger partial charge in [0.15, 0.2) is 0 Å². The minimum absolute atomic E-state index is 0. The molecule has 6 nitrogen and oxygen atoms in total. The molecule has 2 rings (SSSR count). The second-order valence-corrected chi connectivity index (χ2v) is 8.19. The van der Waals surface area contributed by atoms with Gasteiger partial charge in [0, 0.05) is 17.9 Å². The molecule has 0 radical (unpaired) electrons. The van der Waals surface area contributed by atoms with Crippen LogP contribution < -0.4 is 21.9 Å². The smallest absolute Gasteiger partial charge is 0.0958 e. The van der Waals surface area contributed by atoms with E-state index in [0.717, 1.165) is 46.8 Å². The number of azo groups is 1. The van der Waals surface area contributed by atoms with Gasteiger partial charge in [0.1, 0.15) is 0 Å². The van der Waals surface area contributed by atoms with E-state index in [4.69, 9.17) is 0 Å².